The number of nitrogens with one attached hydrogen (secondary N) is 2. The molecular weight excluding hydrogens is 404 g/mol. The van der Waals surface area contributed by atoms with E-state index in [9.17, 15) is 9.59 Å². The summed E-state index contributed by atoms with van der Waals surface area (Å²) in [7, 11) is 0. The molecule has 0 aromatic heterocycles. The molecule has 6 nitrogen and oxygen atoms in total. The Morgan fingerprint density at radius 3 is 1.84 bits per heavy atom. The Balaban J connectivity index is 2.12. The lowest BCUT2D eigenvalue weighted by atomic mass is 10.1. The number of allylic oxidation sites excluding steroid dienone is 1. The Hall–Kier alpha value is -3.28. The van der Waals surface area contributed by atoms with Crippen molar-refractivity contribution in [2.75, 3.05) is 13.1 Å². The first-order valence-electron chi connectivity index (χ1n) is 11.0. The normalized spacial score (nSPS) is 12.8. The van der Waals surface area contributed by atoms with Crippen LogP contribution in [0, 0.1) is 6.92 Å². The minimum Gasteiger partial charge on any atom is -0.438 e. The molecule has 0 radical (unpaired) electrons. The standard InChI is InChI=1S/C26H36N2O4/c1-5-12-23(6-2)31-25(29)27-19-10-8-9-11-20-28-26(30)32-24(7-3)18-17-22-15-13-21(4)14-16-22/h5-7,12-18,23-24H,2-3,8-11,19-20H2,1,4H3,(H,27,29)(H,28,30)/b12-5+,18-17+. The van der Waals surface area contributed by atoms with Gasteiger partial charge in [0.25, 0.3) is 0 Å². The van der Waals surface area contributed by atoms with Crippen LogP contribution in [0.1, 0.15) is 43.7 Å². The lowest BCUT2D eigenvalue weighted by Crippen LogP contribution is -2.29. The minimum atomic E-state index is -0.490. The third-order valence-corrected chi connectivity index (χ3v) is 4.53. The molecule has 0 bridgehead atoms. The average Bonchev–Trinajstić information content (AvgIpc) is 2.79. The maximum absolute atomic E-state index is 11.9. The van der Waals surface area contributed by atoms with Crippen LogP contribution in [0.2, 0.25) is 0 Å². The summed E-state index contributed by atoms with van der Waals surface area (Å²) >= 11 is 0. The quantitative estimate of drug-likeness (QED) is 0.287. The smallest absolute Gasteiger partial charge is 0.408 e. The van der Waals surface area contributed by atoms with Gasteiger partial charge in [0.1, 0.15) is 12.2 Å². The Morgan fingerprint density at radius 1 is 0.875 bits per heavy atom. The number of amides is 2. The predicted octanol–water partition coefficient (Wildman–Crippen LogP) is 5.71. The van der Waals surface area contributed by atoms with Crippen LogP contribution in [0.25, 0.3) is 6.08 Å². The fourth-order valence-corrected chi connectivity index (χ4v) is 2.72. The highest BCUT2D eigenvalue weighted by molar-refractivity contribution is 5.68. The van der Waals surface area contributed by atoms with E-state index in [1.165, 1.54) is 5.56 Å². The largest absolute Gasteiger partial charge is 0.438 e. The van der Waals surface area contributed by atoms with Gasteiger partial charge in [-0.05, 0) is 56.6 Å². The Kier molecular flexibility index (Phi) is 13.7. The van der Waals surface area contributed by atoms with Crippen molar-refractivity contribution in [1.82, 2.24) is 10.6 Å². The number of aryl methyl sites for hydroxylation is 1. The highest BCUT2D eigenvalue weighted by Crippen LogP contribution is 2.07. The van der Waals surface area contributed by atoms with Gasteiger partial charge in [0, 0.05) is 13.1 Å². The lowest BCUT2D eigenvalue weighted by molar-refractivity contribution is 0.135. The van der Waals surface area contributed by atoms with E-state index in [1.54, 1.807) is 24.3 Å². The van der Waals surface area contributed by atoms with E-state index in [-0.39, 0.29) is 0 Å². The zero-order valence-electron chi connectivity index (χ0n) is 19.2. The molecule has 0 fully saturated rings. The van der Waals surface area contributed by atoms with E-state index in [1.807, 2.05) is 50.3 Å². The number of carbonyl (C=O) groups is 2. The van der Waals surface area contributed by atoms with Crippen LogP contribution in [-0.4, -0.2) is 37.5 Å². The topological polar surface area (TPSA) is 76.7 Å². The highest BCUT2D eigenvalue weighted by Gasteiger charge is 2.08. The predicted molar refractivity (Wildman–Crippen MR) is 130 cm³/mol. The van der Waals surface area contributed by atoms with Crippen molar-refractivity contribution in [3.05, 3.63) is 78.9 Å². The van der Waals surface area contributed by atoms with Crippen molar-refractivity contribution in [3.63, 3.8) is 0 Å². The van der Waals surface area contributed by atoms with Gasteiger partial charge in [-0.25, -0.2) is 9.59 Å². The van der Waals surface area contributed by atoms with Gasteiger partial charge >= 0.3 is 12.2 Å². The van der Waals surface area contributed by atoms with Gasteiger partial charge in [-0.2, -0.15) is 0 Å². The highest BCUT2D eigenvalue weighted by atomic mass is 16.6. The molecule has 2 atom stereocenters. The number of carbonyl (C=O) groups excluding carboxylic acids is 2. The molecule has 2 amide bonds. The van der Waals surface area contributed by atoms with E-state index >= 15 is 0 Å². The summed E-state index contributed by atoms with van der Waals surface area (Å²) in [6.07, 6.45) is 12.1. The van der Waals surface area contributed by atoms with Crippen molar-refractivity contribution in [2.45, 2.75) is 51.7 Å². The third-order valence-electron chi connectivity index (χ3n) is 4.53. The summed E-state index contributed by atoms with van der Waals surface area (Å²) in [5.74, 6) is 0. The molecule has 1 rings (SSSR count). The van der Waals surface area contributed by atoms with Gasteiger partial charge in [0.2, 0.25) is 0 Å². The number of benzene rings is 1. The first-order valence-corrected chi connectivity index (χ1v) is 11.0. The monoisotopic (exact) mass is 440 g/mol. The summed E-state index contributed by atoms with van der Waals surface area (Å²) in [6, 6.07) is 8.07. The van der Waals surface area contributed by atoms with Crippen molar-refractivity contribution in [2.24, 2.45) is 0 Å². The Bertz CT molecular complexity index is 769. The average molecular weight is 441 g/mol. The van der Waals surface area contributed by atoms with E-state index in [4.69, 9.17) is 9.47 Å². The number of hydrogen-bond donors (Lipinski definition) is 2. The van der Waals surface area contributed by atoms with Crippen LogP contribution >= 0.6 is 0 Å². The molecule has 174 valence electrons. The van der Waals surface area contributed by atoms with E-state index < -0.39 is 24.4 Å². The molecule has 1 aromatic rings. The van der Waals surface area contributed by atoms with Gasteiger partial charge in [0.15, 0.2) is 0 Å². The zero-order valence-corrected chi connectivity index (χ0v) is 19.2. The summed E-state index contributed by atoms with van der Waals surface area (Å²) in [5.41, 5.74) is 2.23. The van der Waals surface area contributed by atoms with Crippen molar-refractivity contribution in [3.8, 4) is 0 Å². The molecule has 0 spiro atoms. The van der Waals surface area contributed by atoms with Crippen LogP contribution < -0.4 is 10.6 Å². The summed E-state index contributed by atoms with van der Waals surface area (Å²) in [5, 5.41) is 5.47. The molecule has 0 saturated carbocycles. The van der Waals surface area contributed by atoms with Crippen LogP contribution in [0.4, 0.5) is 9.59 Å². The van der Waals surface area contributed by atoms with Crippen molar-refractivity contribution < 1.29 is 19.1 Å². The maximum atomic E-state index is 11.9. The molecule has 6 heteroatoms. The molecule has 2 N–H and O–H groups in total. The molecule has 2 unspecified atom stereocenters. The fraction of sp³-hybridized carbons (Fsp3) is 0.385. The maximum Gasteiger partial charge on any atom is 0.408 e. The molecule has 0 aliphatic heterocycles. The molecule has 0 aliphatic carbocycles. The van der Waals surface area contributed by atoms with E-state index in [2.05, 4.69) is 23.8 Å². The van der Waals surface area contributed by atoms with Crippen molar-refractivity contribution >= 4 is 18.3 Å². The number of hydrogen-bond acceptors (Lipinski definition) is 4. The number of alkyl carbamates (subject to hydrolysis) is 2. The van der Waals surface area contributed by atoms with Gasteiger partial charge < -0.3 is 20.1 Å². The third kappa shape index (κ3) is 12.4. The number of rotatable bonds is 14. The fourth-order valence-electron chi connectivity index (χ4n) is 2.72. The van der Waals surface area contributed by atoms with Crippen LogP contribution in [0.15, 0.2) is 67.8 Å². The minimum absolute atomic E-state index is 0.412. The molecule has 32 heavy (non-hydrogen) atoms. The van der Waals surface area contributed by atoms with Gasteiger partial charge in [-0.1, -0.05) is 68.0 Å². The zero-order chi connectivity index (χ0) is 23.6. The SMILES string of the molecule is C=CC(/C=C/C)OC(=O)NCCCCCCNC(=O)OC(C=C)/C=C/c1ccc(C)cc1. The molecule has 0 aliphatic rings. The second-order valence-corrected chi connectivity index (χ2v) is 7.27. The second kappa shape index (κ2) is 16.4. The Morgan fingerprint density at radius 2 is 1.38 bits per heavy atom. The molecule has 0 saturated heterocycles. The number of unbranched alkanes of at least 4 members (excludes halogenated alkanes) is 3. The van der Waals surface area contributed by atoms with Crippen molar-refractivity contribution in [1.29, 1.82) is 0 Å². The van der Waals surface area contributed by atoms with Gasteiger partial charge in [0.05, 0.1) is 0 Å². The van der Waals surface area contributed by atoms with Crippen LogP contribution in [0.5, 0.6) is 0 Å². The number of ether oxygens (including phenoxy) is 2. The van der Waals surface area contributed by atoms with Crippen LogP contribution in [0.3, 0.4) is 0 Å². The first-order chi connectivity index (χ1) is 15.5. The molecule has 0 heterocycles. The second-order valence-electron chi connectivity index (χ2n) is 7.27. The van der Waals surface area contributed by atoms with Gasteiger partial charge in [-0.3, -0.25) is 0 Å². The summed E-state index contributed by atoms with van der Waals surface area (Å²) in [6.45, 7) is 12.3. The Labute approximate surface area is 192 Å². The molecular formula is C26H36N2O4. The first kappa shape index (κ1) is 26.8. The summed E-state index contributed by atoms with van der Waals surface area (Å²) < 4.78 is 10.5. The van der Waals surface area contributed by atoms with E-state index in [0.29, 0.717) is 13.1 Å². The van der Waals surface area contributed by atoms with E-state index in [0.717, 1.165) is 31.2 Å². The molecule has 1 aromatic carbocycles. The van der Waals surface area contributed by atoms with Crippen LogP contribution in [-0.2, 0) is 9.47 Å². The lowest BCUT2D eigenvalue weighted by Gasteiger charge is -2.12. The van der Waals surface area contributed by atoms with Gasteiger partial charge in [-0.15, -0.1) is 0 Å². The summed E-state index contributed by atoms with van der Waals surface area (Å²) in [4.78, 5) is 23.6.